The summed E-state index contributed by atoms with van der Waals surface area (Å²) < 4.78 is 18.6. The summed E-state index contributed by atoms with van der Waals surface area (Å²) in [7, 11) is 0. The van der Waals surface area contributed by atoms with Crippen LogP contribution in [0.1, 0.15) is 17.3 Å². The van der Waals surface area contributed by atoms with Crippen LogP contribution >= 0.6 is 15.9 Å². The molecular formula is C12H13BrFN3O. The smallest absolute Gasteiger partial charge is 0.223 e. The monoisotopic (exact) mass is 313 g/mol. The zero-order valence-corrected chi connectivity index (χ0v) is 11.5. The fourth-order valence-electron chi connectivity index (χ4n) is 1.53. The Kier molecular flexibility index (Phi) is 4.43. The Balaban J connectivity index is 1.76. The van der Waals surface area contributed by atoms with E-state index in [2.05, 4.69) is 31.4 Å². The number of hydrogen-bond donors (Lipinski definition) is 1. The molecule has 18 heavy (non-hydrogen) atoms. The summed E-state index contributed by atoms with van der Waals surface area (Å²) in [6.45, 7) is 3.09. The van der Waals surface area contributed by atoms with Gasteiger partial charge in [-0.05, 0) is 33.6 Å². The highest BCUT2D eigenvalue weighted by molar-refractivity contribution is 9.10. The lowest BCUT2D eigenvalue weighted by atomic mass is 10.2. The van der Waals surface area contributed by atoms with Gasteiger partial charge in [0.05, 0.1) is 4.47 Å². The third kappa shape index (κ3) is 3.61. The Morgan fingerprint density at radius 1 is 1.44 bits per heavy atom. The third-order valence-corrected chi connectivity index (χ3v) is 3.05. The third-order valence-electron chi connectivity index (χ3n) is 2.41. The lowest BCUT2D eigenvalue weighted by molar-refractivity contribution is 0.387. The van der Waals surface area contributed by atoms with Crippen molar-refractivity contribution in [3.63, 3.8) is 0 Å². The predicted molar refractivity (Wildman–Crippen MR) is 68.5 cm³/mol. The molecule has 0 fully saturated rings. The van der Waals surface area contributed by atoms with E-state index in [4.69, 9.17) is 4.52 Å². The van der Waals surface area contributed by atoms with Gasteiger partial charge in [0.15, 0.2) is 5.82 Å². The molecule has 0 amide bonds. The summed E-state index contributed by atoms with van der Waals surface area (Å²) >= 11 is 3.12. The van der Waals surface area contributed by atoms with Gasteiger partial charge < -0.3 is 9.84 Å². The number of nitrogens with zero attached hydrogens (tertiary/aromatic N) is 2. The Morgan fingerprint density at radius 3 is 2.94 bits per heavy atom. The molecule has 2 aromatic rings. The van der Waals surface area contributed by atoms with Gasteiger partial charge in [-0.15, -0.1) is 0 Å². The minimum atomic E-state index is -0.247. The van der Waals surface area contributed by atoms with Crippen molar-refractivity contribution in [1.29, 1.82) is 0 Å². The molecule has 0 saturated carbocycles. The van der Waals surface area contributed by atoms with E-state index in [1.165, 1.54) is 6.07 Å². The van der Waals surface area contributed by atoms with Crippen molar-refractivity contribution >= 4 is 15.9 Å². The van der Waals surface area contributed by atoms with Gasteiger partial charge in [0.2, 0.25) is 5.89 Å². The molecular weight excluding hydrogens is 301 g/mol. The molecule has 0 spiro atoms. The number of halogens is 2. The lowest BCUT2D eigenvalue weighted by Gasteiger charge is -2.04. The van der Waals surface area contributed by atoms with E-state index >= 15 is 0 Å². The fraction of sp³-hybridized carbons (Fsp3) is 0.333. The van der Waals surface area contributed by atoms with Crippen LogP contribution in [-0.4, -0.2) is 16.7 Å². The molecule has 0 aliphatic rings. The predicted octanol–water partition coefficient (Wildman–Crippen LogP) is 2.61. The van der Waals surface area contributed by atoms with Gasteiger partial charge in [-0.2, -0.15) is 4.98 Å². The Bertz CT molecular complexity index is 530. The maximum Gasteiger partial charge on any atom is 0.223 e. The summed E-state index contributed by atoms with van der Waals surface area (Å²) in [6.07, 6.45) is 0.691. The van der Waals surface area contributed by atoms with Crippen LogP contribution in [0, 0.1) is 12.7 Å². The number of aromatic nitrogens is 2. The largest absolute Gasteiger partial charge is 0.340 e. The van der Waals surface area contributed by atoms with E-state index < -0.39 is 0 Å². The molecule has 4 nitrogen and oxygen atoms in total. The molecule has 6 heteroatoms. The zero-order valence-electron chi connectivity index (χ0n) is 9.91. The van der Waals surface area contributed by atoms with Crippen molar-refractivity contribution in [3.8, 4) is 0 Å². The first-order valence-electron chi connectivity index (χ1n) is 5.59. The van der Waals surface area contributed by atoms with E-state index in [1.807, 2.05) is 6.07 Å². The summed E-state index contributed by atoms with van der Waals surface area (Å²) in [6, 6.07) is 5.09. The van der Waals surface area contributed by atoms with Gasteiger partial charge >= 0.3 is 0 Å². The van der Waals surface area contributed by atoms with Crippen molar-refractivity contribution in [2.75, 3.05) is 6.54 Å². The highest BCUT2D eigenvalue weighted by Gasteiger charge is 2.02. The maximum atomic E-state index is 13.2. The van der Waals surface area contributed by atoms with Crippen LogP contribution < -0.4 is 5.32 Å². The van der Waals surface area contributed by atoms with Gasteiger partial charge in [0.1, 0.15) is 5.82 Å². The van der Waals surface area contributed by atoms with E-state index in [0.29, 0.717) is 29.2 Å². The van der Waals surface area contributed by atoms with Crippen LogP contribution in [-0.2, 0) is 13.0 Å². The van der Waals surface area contributed by atoms with E-state index in [9.17, 15) is 4.39 Å². The van der Waals surface area contributed by atoms with Gasteiger partial charge in [-0.25, -0.2) is 4.39 Å². The van der Waals surface area contributed by atoms with E-state index in [-0.39, 0.29) is 5.82 Å². The van der Waals surface area contributed by atoms with Crippen molar-refractivity contribution in [3.05, 3.63) is 45.8 Å². The molecule has 1 aromatic carbocycles. The molecule has 0 saturated heterocycles. The number of rotatable bonds is 5. The minimum Gasteiger partial charge on any atom is -0.340 e. The molecule has 1 heterocycles. The summed E-state index contributed by atoms with van der Waals surface area (Å²) in [5.41, 5.74) is 0.903. The standard InChI is InChI=1S/C12H13BrFN3O/c1-8-16-12(17-18-8)4-5-15-7-9-2-3-10(13)11(14)6-9/h2-3,6,15H,4-5,7H2,1H3. The first-order chi connectivity index (χ1) is 8.65. The molecule has 0 bridgehead atoms. The van der Waals surface area contributed by atoms with Crippen molar-refractivity contribution in [2.45, 2.75) is 19.9 Å². The van der Waals surface area contributed by atoms with E-state index in [1.54, 1.807) is 13.0 Å². The van der Waals surface area contributed by atoms with Crippen LogP contribution in [0.4, 0.5) is 4.39 Å². The lowest BCUT2D eigenvalue weighted by Crippen LogP contribution is -2.17. The second-order valence-corrected chi connectivity index (χ2v) is 4.76. The molecule has 2 rings (SSSR count). The van der Waals surface area contributed by atoms with Crippen molar-refractivity contribution < 1.29 is 8.91 Å². The second kappa shape index (κ2) is 6.06. The van der Waals surface area contributed by atoms with Gasteiger partial charge in [-0.1, -0.05) is 11.2 Å². The second-order valence-electron chi connectivity index (χ2n) is 3.90. The average Bonchev–Trinajstić information content (AvgIpc) is 2.75. The van der Waals surface area contributed by atoms with Crippen LogP contribution in [0.15, 0.2) is 27.2 Å². The number of aryl methyl sites for hydroxylation is 1. The van der Waals surface area contributed by atoms with Crippen LogP contribution in [0.25, 0.3) is 0 Å². The fourth-order valence-corrected chi connectivity index (χ4v) is 1.77. The average molecular weight is 314 g/mol. The molecule has 1 aromatic heterocycles. The first kappa shape index (κ1) is 13.2. The Labute approximate surface area is 113 Å². The number of nitrogens with one attached hydrogen (secondary N) is 1. The topological polar surface area (TPSA) is 51.0 Å². The summed E-state index contributed by atoms with van der Waals surface area (Å²) in [4.78, 5) is 4.10. The van der Waals surface area contributed by atoms with Crippen LogP contribution in [0.3, 0.4) is 0 Å². The molecule has 0 aliphatic carbocycles. The Morgan fingerprint density at radius 2 is 2.28 bits per heavy atom. The normalized spacial score (nSPS) is 10.8. The van der Waals surface area contributed by atoms with Gasteiger partial charge in [0, 0.05) is 26.4 Å². The molecule has 96 valence electrons. The number of hydrogen-bond acceptors (Lipinski definition) is 4. The van der Waals surface area contributed by atoms with Gasteiger partial charge in [0.25, 0.3) is 0 Å². The highest BCUT2D eigenvalue weighted by atomic mass is 79.9. The highest BCUT2D eigenvalue weighted by Crippen LogP contribution is 2.16. The van der Waals surface area contributed by atoms with E-state index in [0.717, 1.165) is 12.1 Å². The van der Waals surface area contributed by atoms with Crippen LogP contribution in [0.5, 0.6) is 0 Å². The van der Waals surface area contributed by atoms with Crippen molar-refractivity contribution in [2.24, 2.45) is 0 Å². The SMILES string of the molecule is Cc1nc(CCNCc2ccc(Br)c(F)c2)no1. The van der Waals surface area contributed by atoms with Crippen LogP contribution in [0.2, 0.25) is 0 Å². The zero-order chi connectivity index (χ0) is 13.0. The molecule has 0 unspecified atom stereocenters. The van der Waals surface area contributed by atoms with Gasteiger partial charge in [-0.3, -0.25) is 0 Å². The molecule has 0 radical (unpaired) electrons. The molecule has 1 N–H and O–H groups in total. The maximum absolute atomic E-state index is 13.2. The summed E-state index contributed by atoms with van der Waals surface area (Å²) in [5, 5.41) is 7.00. The van der Waals surface area contributed by atoms with Crippen molar-refractivity contribution in [1.82, 2.24) is 15.5 Å². The minimum absolute atomic E-state index is 0.247. The summed E-state index contributed by atoms with van der Waals surface area (Å²) in [5.74, 6) is 1.00. The quantitative estimate of drug-likeness (QED) is 0.862. The Hall–Kier alpha value is -1.27. The first-order valence-corrected chi connectivity index (χ1v) is 6.38. The number of benzene rings is 1. The molecule has 0 aliphatic heterocycles. The molecule has 0 atom stereocenters.